The number of nitrogens with two attached hydrogens (primary N) is 1. The van der Waals surface area contributed by atoms with Crippen molar-refractivity contribution in [3.05, 3.63) is 27.3 Å². The monoisotopic (exact) mass is 305 g/mol. The highest BCUT2D eigenvalue weighted by atomic mass is 127. The van der Waals surface area contributed by atoms with E-state index in [2.05, 4.69) is 42.5 Å². The van der Waals surface area contributed by atoms with Crippen LogP contribution >= 0.6 is 22.6 Å². The molecule has 0 aliphatic heterocycles. The SMILES string of the molecule is COc1cccc(I)c1[C@H](N)C(C)C. The lowest BCUT2D eigenvalue weighted by Gasteiger charge is -2.20. The van der Waals surface area contributed by atoms with Crippen LogP contribution in [0.15, 0.2) is 18.2 Å². The van der Waals surface area contributed by atoms with Crippen molar-refractivity contribution >= 4 is 22.6 Å². The summed E-state index contributed by atoms with van der Waals surface area (Å²) < 4.78 is 6.48. The van der Waals surface area contributed by atoms with Gasteiger partial charge < -0.3 is 10.5 Å². The zero-order valence-electron chi connectivity index (χ0n) is 8.75. The maximum Gasteiger partial charge on any atom is 0.124 e. The molecule has 1 rings (SSSR count). The molecule has 2 nitrogen and oxygen atoms in total. The topological polar surface area (TPSA) is 35.2 Å². The number of hydrogen-bond donors (Lipinski definition) is 1. The second kappa shape index (κ2) is 4.98. The van der Waals surface area contributed by atoms with E-state index >= 15 is 0 Å². The molecule has 0 radical (unpaired) electrons. The van der Waals surface area contributed by atoms with Gasteiger partial charge in [-0.05, 0) is 40.6 Å². The van der Waals surface area contributed by atoms with Crippen LogP contribution in [0.4, 0.5) is 0 Å². The molecule has 0 aliphatic rings. The van der Waals surface area contributed by atoms with Gasteiger partial charge in [-0.25, -0.2) is 0 Å². The number of rotatable bonds is 3. The lowest BCUT2D eigenvalue weighted by atomic mass is 9.96. The fourth-order valence-corrected chi connectivity index (χ4v) is 2.19. The van der Waals surface area contributed by atoms with E-state index in [9.17, 15) is 0 Å². The predicted molar refractivity (Wildman–Crippen MR) is 67.5 cm³/mol. The number of halogens is 1. The number of benzene rings is 1. The van der Waals surface area contributed by atoms with Crippen LogP contribution in [0.5, 0.6) is 5.75 Å². The van der Waals surface area contributed by atoms with E-state index in [1.165, 1.54) is 3.57 Å². The van der Waals surface area contributed by atoms with Gasteiger partial charge in [-0.3, -0.25) is 0 Å². The first-order valence-electron chi connectivity index (χ1n) is 4.66. The Labute approximate surface area is 99.0 Å². The Morgan fingerprint density at radius 2 is 2.00 bits per heavy atom. The Hall–Kier alpha value is -0.290. The average molecular weight is 305 g/mol. The molecule has 0 bridgehead atoms. The lowest BCUT2D eigenvalue weighted by molar-refractivity contribution is 0.395. The third kappa shape index (κ3) is 2.39. The van der Waals surface area contributed by atoms with Gasteiger partial charge in [0.1, 0.15) is 5.75 Å². The van der Waals surface area contributed by atoms with Gasteiger partial charge in [-0.2, -0.15) is 0 Å². The fraction of sp³-hybridized carbons (Fsp3) is 0.455. The van der Waals surface area contributed by atoms with E-state index in [-0.39, 0.29) is 6.04 Å². The van der Waals surface area contributed by atoms with Crippen molar-refractivity contribution in [1.29, 1.82) is 0 Å². The summed E-state index contributed by atoms with van der Waals surface area (Å²) in [6.45, 7) is 4.24. The molecule has 0 fully saturated rings. The molecule has 1 atom stereocenters. The van der Waals surface area contributed by atoms with Crippen molar-refractivity contribution in [2.45, 2.75) is 19.9 Å². The quantitative estimate of drug-likeness (QED) is 0.872. The first kappa shape index (κ1) is 11.8. The zero-order chi connectivity index (χ0) is 10.7. The summed E-state index contributed by atoms with van der Waals surface area (Å²) in [4.78, 5) is 0. The normalized spacial score (nSPS) is 13.0. The van der Waals surface area contributed by atoms with E-state index in [0.717, 1.165) is 11.3 Å². The van der Waals surface area contributed by atoms with Crippen LogP contribution in [0.25, 0.3) is 0 Å². The Kier molecular flexibility index (Phi) is 4.19. The van der Waals surface area contributed by atoms with Gasteiger partial charge in [-0.1, -0.05) is 19.9 Å². The number of hydrogen-bond acceptors (Lipinski definition) is 2. The van der Waals surface area contributed by atoms with Gasteiger partial charge in [0, 0.05) is 15.2 Å². The minimum atomic E-state index is 0.0399. The summed E-state index contributed by atoms with van der Waals surface area (Å²) in [5.41, 5.74) is 7.25. The van der Waals surface area contributed by atoms with Crippen LogP contribution < -0.4 is 10.5 Å². The van der Waals surface area contributed by atoms with E-state index < -0.39 is 0 Å². The largest absolute Gasteiger partial charge is 0.496 e. The molecule has 0 heterocycles. The molecule has 3 heteroatoms. The van der Waals surface area contributed by atoms with Gasteiger partial charge in [-0.15, -0.1) is 0 Å². The lowest BCUT2D eigenvalue weighted by Crippen LogP contribution is -2.18. The highest BCUT2D eigenvalue weighted by molar-refractivity contribution is 14.1. The molecule has 0 spiro atoms. The van der Waals surface area contributed by atoms with Crippen LogP contribution in [-0.4, -0.2) is 7.11 Å². The molecule has 0 saturated carbocycles. The molecular weight excluding hydrogens is 289 g/mol. The van der Waals surface area contributed by atoms with Crippen LogP contribution in [0.3, 0.4) is 0 Å². The maximum absolute atomic E-state index is 6.13. The van der Waals surface area contributed by atoms with Crippen LogP contribution in [0.1, 0.15) is 25.5 Å². The molecule has 78 valence electrons. The van der Waals surface area contributed by atoms with Crippen molar-refractivity contribution in [3.63, 3.8) is 0 Å². The van der Waals surface area contributed by atoms with Gasteiger partial charge in [0.15, 0.2) is 0 Å². The number of methoxy groups -OCH3 is 1. The number of ether oxygens (including phenoxy) is 1. The predicted octanol–water partition coefficient (Wildman–Crippen LogP) is 2.96. The second-order valence-corrected chi connectivity index (χ2v) is 4.79. The van der Waals surface area contributed by atoms with Crippen molar-refractivity contribution in [3.8, 4) is 5.75 Å². The minimum absolute atomic E-state index is 0.0399. The molecule has 0 aliphatic carbocycles. The van der Waals surface area contributed by atoms with Crippen molar-refractivity contribution in [2.24, 2.45) is 11.7 Å². The summed E-state index contributed by atoms with van der Waals surface area (Å²) in [6, 6.07) is 6.04. The smallest absolute Gasteiger partial charge is 0.124 e. The summed E-state index contributed by atoms with van der Waals surface area (Å²) in [6.07, 6.45) is 0. The molecule has 1 aromatic rings. The highest BCUT2D eigenvalue weighted by Gasteiger charge is 2.17. The van der Waals surface area contributed by atoms with E-state index in [1.54, 1.807) is 7.11 Å². The van der Waals surface area contributed by atoms with Gasteiger partial charge >= 0.3 is 0 Å². The molecule has 14 heavy (non-hydrogen) atoms. The molecule has 0 aromatic heterocycles. The van der Waals surface area contributed by atoms with Gasteiger partial charge in [0.2, 0.25) is 0 Å². The average Bonchev–Trinajstić information content (AvgIpc) is 2.16. The Balaban J connectivity index is 3.16. The standard InChI is InChI=1S/C11H16INO/c1-7(2)11(13)10-8(12)5-4-6-9(10)14-3/h4-7,11H,13H2,1-3H3/t11-/m1/s1. The van der Waals surface area contributed by atoms with E-state index in [0.29, 0.717) is 5.92 Å². The zero-order valence-corrected chi connectivity index (χ0v) is 10.9. The van der Waals surface area contributed by atoms with Crippen LogP contribution in [0.2, 0.25) is 0 Å². The second-order valence-electron chi connectivity index (χ2n) is 3.63. The molecule has 2 N–H and O–H groups in total. The van der Waals surface area contributed by atoms with E-state index in [1.807, 2.05) is 12.1 Å². The molecule has 0 saturated heterocycles. The highest BCUT2D eigenvalue weighted by Crippen LogP contribution is 2.31. The summed E-state index contributed by atoms with van der Waals surface area (Å²) in [5.74, 6) is 1.30. The molecular formula is C11H16INO. The van der Waals surface area contributed by atoms with Crippen molar-refractivity contribution < 1.29 is 4.74 Å². The molecule has 0 amide bonds. The first-order chi connectivity index (χ1) is 6.57. The van der Waals surface area contributed by atoms with Crippen LogP contribution in [-0.2, 0) is 0 Å². The third-order valence-corrected chi connectivity index (χ3v) is 3.23. The molecule has 1 aromatic carbocycles. The minimum Gasteiger partial charge on any atom is -0.496 e. The molecule has 0 unspecified atom stereocenters. The first-order valence-corrected chi connectivity index (χ1v) is 5.73. The Bertz CT molecular complexity index is 312. The van der Waals surface area contributed by atoms with E-state index in [4.69, 9.17) is 10.5 Å². The Morgan fingerprint density at radius 3 is 2.50 bits per heavy atom. The van der Waals surface area contributed by atoms with Crippen molar-refractivity contribution in [1.82, 2.24) is 0 Å². The fourth-order valence-electron chi connectivity index (χ4n) is 1.35. The summed E-state index contributed by atoms with van der Waals surface area (Å²) in [5, 5.41) is 0. The third-order valence-electron chi connectivity index (χ3n) is 2.28. The Morgan fingerprint density at radius 1 is 1.36 bits per heavy atom. The van der Waals surface area contributed by atoms with Gasteiger partial charge in [0.05, 0.1) is 7.11 Å². The van der Waals surface area contributed by atoms with Gasteiger partial charge in [0.25, 0.3) is 0 Å². The van der Waals surface area contributed by atoms with Crippen LogP contribution in [0, 0.1) is 9.49 Å². The van der Waals surface area contributed by atoms with Crippen molar-refractivity contribution in [2.75, 3.05) is 7.11 Å². The summed E-state index contributed by atoms with van der Waals surface area (Å²) >= 11 is 2.30. The maximum atomic E-state index is 6.13. The summed E-state index contributed by atoms with van der Waals surface area (Å²) in [7, 11) is 1.68.